The smallest absolute Gasteiger partial charge is 0.0704 e. The molecule has 0 unspecified atom stereocenters. The molecule has 0 aliphatic heterocycles. The molecule has 4 rings (SSSR count). The summed E-state index contributed by atoms with van der Waals surface area (Å²) in [5.74, 6) is 0. The third-order valence-corrected chi connectivity index (χ3v) is 5.12. The molecule has 1 nitrogen and oxygen atoms in total. The van der Waals surface area contributed by atoms with Gasteiger partial charge < -0.3 is 0 Å². The molecule has 0 saturated carbocycles. The normalized spacial score (nSPS) is 12.9. The summed E-state index contributed by atoms with van der Waals surface area (Å²) < 4.78 is 17.2. The maximum atomic E-state index is 8.62. The fourth-order valence-electron chi connectivity index (χ4n) is 3.66. The highest BCUT2D eigenvalue weighted by Gasteiger charge is 2.13. The Morgan fingerprint density at radius 1 is 0.733 bits per heavy atom. The van der Waals surface area contributed by atoms with Crippen molar-refractivity contribution in [3.8, 4) is 33.5 Å². The lowest BCUT2D eigenvalue weighted by Crippen LogP contribution is -2.09. The van der Waals surface area contributed by atoms with Crippen LogP contribution in [0.5, 0.6) is 0 Å². The van der Waals surface area contributed by atoms with Crippen molar-refractivity contribution in [3.05, 3.63) is 102 Å². The van der Waals surface area contributed by atoms with Gasteiger partial charge in [0.2, 0.25) is 0 Å². The molecule has 4 aromatic rings. The lowest BCUT2D eigenvalue weighted by Gasteiger charge is -2.18. The number of pyridine rings is 1. The second kappa shape index (κ2) is 8.28. The lowest BCUT2D eigenvalue weighted by molar-refractivity contribution is 0.411. The van der Waals surface area contributed by atoms with Crippen LogP contribution in [-0.4, -0.2) is 4.98 Å². The quantitative estimate of drug-likeness (QED) is 0.342. The molecule has 1 heterocycles. The summed E-state index contributed by atoms with van der Waals surface area (Å²) in [6.45, 7) is 7.90. The number of nitrogens with zero attached hydrogens (tertiary/aromatic N) is 1. The van der Waals surface area contributed by atoms with Crippen LogP contribution in [0.3, 0.4) is 0 Å². The molecule has 0 bridgehead atoms. The van der Waals surface area contributed by atoms with Gasteiger partial charge in [0.05, 0.1) is 5.69 Å². The molecule has 1 heteroatoms. The van der Waals surface area contributed by atoms with Gasteiger partial charge in [-0.15, -0.1) is 0 Å². The molecule has 1 aromatic heterocycles. The number of hydrogen-bond acceptors (Lipinski definition) is 1. The minimum Gasteiger partial charge on any atom is -0.256 e. The van der Waals surface area contributed by atoms with Gasteiger partial charge in [-0.05, 0) is 70.3 Å². The highest BCUT2D eigenvalue weighted by molar-refractivity contribution is 5.76. The van der Waals surface area contributed by atoms with Gasteiger partial charge in [0.15, 0.2) is 0 Å². The summed E-state index contributed by atoms with van der Waals surface area (Å²) in [5, 5.41) is 0. The van der Waals surface area contributed by atoms with E-state index >= 15 is 0 Å². The highest BCUT2D eigenvalue weighted by atomic mass is 14.7. The Balaban J connectivity index is 1.71. The molecule has 0 saturated heterocycles. The zero-order valence-corrected chi connectivity index (χ0v) is 18.1. The van der Waals surface area contributed by atoms with Crippen molar-refractivity contribution < 1.29 is 2.74 Å². The van der Waals surface area contributed by atoms with Crippen LogP contribution in [0.2, 0.25) is 0 Å². The molecule has 0 spiro atoms. The fraction of sp³-hybridized carbons (Fsp3) is 0.207. The van der Waals surface area contributed by atoms with Gasteiger partial charge in [0.25, 0.3) is 0 Å². The van der Waals surface area contributed by atoms with Crippen LogP contribution in [0.25, 0.3) is 33.5 Å². The standard InChI is InChI=1S/C29H29N/c1-21-10-11-26(28-18-22(16-17-30-28)20-29(2,3)4)19-27(21)25-14-12-24(13-15-25)23-8-6-5-7-9-23/h5-19H,20H2,1-4H3/i20D2. The van der Waals surface area contributed by atoms with E-state index in [0.717, 1.165) is 22.4 Å². The predicted molar refractivity (Wildman–Crippen MR) is 128 cm³/mol. The van der Waals surface area contributed by atoms with Crippen LogP contribution in [0, 0.1) is 12.3 Å². The number of aryl methyl sites for hydroxylation is 1. The van der Waals surface area contributed by atoms with E-state index in [-0.39, 0.29) is 0 Å². The van der Waals surface area contributed by atoms with Crippen LogP contribution in [0.15, 0.2) is 91.1 Å². The summed E-state index contributed by atoms with van der Waals surface area (Å²) in [7, 11) is 0. The Labute approximate surface area is 183 Å². The van der Waals surface area contributed by atoms with Crippen LogP contribution < -0.4 is 0 Å². The average Bonchev–Trinajstić information content (AvgIpc) is 2.79. The molecule has 0 amide bonds. The minimum atomic E-state index is -1.45. The van der Waals surface area contributed by atoms with E-state index in [1.54, 1.807) is 12.3 Å². The van der Waals surface area contributed by atoms with E-state index in [0.29, 0.717) is 5.56 Å². The van der Waals surface area contributed by atoms with E-state index in [1.807, 2.05) is 32.9 Å². The topological polar surface area (TPSA) is 12.9 Å². The molecule has 0 fully saturated rings. The zero-order valence-electron chi connectivity index (χ0n) is 20.1. The molecule has 0 N–H and O–H groups in total. The Hall–Kier alpha value is -3.19. The first kappa shape index (κ1) is 17.7. The van der Waals surface area contributed by atoms with Gasteiger partial charge in [0.1, 0.15) is 0 Å². The minimum absolute atomic E-state index is 0.509. The molecular formula is C29H29N. The highest BCUT2D eigenvalue weighted by Crippen LogP contribution is 2.31. The summed E-state index contributed by atoms with van der Waals surface area (Å²) in [5.41, 5.74) is 7.85. The van der Waals surface area contributed by atoms with Crippen molar-refractivity contribution in [2.24, 2.45) is 5.41 Å². The first-order valence-electron chi connectivity index (χ1n) is 11.4. The third-order valence-electron chi connectivity index (χ3n) is 5.12. The van der Waals surface area contributed by atoms with Crippen molar-refractivity contribution in [1.29, 1.82) is 0 Å². The second-order valence-electron chi connectivity index (χ2n) is 8.78. The maximum absolute atomic E-state index is 8.62. The first-order chi connectivity index (χ1) is 15.2. The molecule has 0 atom stereocenters. The van der Waals surface area contributed by atoms with Gasteiger partial charge in [-0.1, -0.05) is 87.5 Å². The van der Waals surface area contributed by atoms with Crippen molar-refractivity contribution in [2.75, 3.05) is 0 Å². The van der Waals surface area contributed by atoms with Crippen LogP contribution >= 0.6 is 0 Å². The Morgan fingerprint density at radius 2 is 1.37 bits per heavy atom. The molecule has 30 heavy (non-hydrogen) atoms. The molecule has 150 valence electrons. The first-order valence-corrected chi connectivity index (χ1v) is 10.4. The monoisotopic (exact) mass is 393 g/mol. The molecule has 0 aliphatic rings. The number of rotatable bonds is 4. The predicted octanol–water partition coefficient (Wildman–Crippen LogP) is 7.98. The van der Waals surface area contributed by atoms with Crippen LogP contribution in [-0.2, 0) is 6.37 Å². The molecule has 0 radical (unpaired) electrons. The van der Waals surface area contributed by atoms with E-state index in [4.69, 9.17) is 2.74 Å². The molecule has 3 aromatic carbocycles. The largest absolute Gasteiger partial charge is 0.256 e. The van der Waals surface area contributed by atoms with Crippen molar-refractivity contribution in [2.45, 2.75) is 34.1 Å². The second-order valence-corrected chi connectivity index (χ2v) is 8.78. The Kier molecular flexibility index (Phi) is 4.87. The third kappa shape index (κ3) is 4.68. The van der Waals surface area contributed by atoms with Crippen molar-refractivity contribution in [1.82, 2.24) is 4.98 Å². The Morgan fingerprint density at radius 3 is 2.07 bits per heavy atom. The van der Waals surface area contributed by atoms with Crippen LogP contribution in [0.4, 0.5) is 0 Å². The fourth-order valence-corrected chi connectivity index (χ4v) is 3.66. The summed E-state index contributed by atoms with van der Waals surface area (Å²) in [4.78, 5) is 4.56. The average molecular weight is 394 g/mol. The Bertz CT molecular complexity index is 1220. The number of hydrogen-bond donors (Lipinski definition) is 0. The SMILES string of the molecule is [2H]C([2H])(c1ccnc(-c2ccc(C)c(-c3ccc(-c4ccccc4)cc3)c2)c1)C(C)(C)C. The van der Waals surface area contributed by atoms with E-state index < -0.39 is 11.8 Å². The van der Waals surface area contributed by atoms with E-state index in [1.165, 1.54) is 16.7 Å². The van der Waals surface area contributed by atoms with Crippen LogP contribution in [0.1, 0.15) is 34.6 Å². The van der Waals surface area contributed by atoms with Crippen molar-refractivity contribution >= 4 is 0 Å². The van der Waals surface area contributed by atoms with E-state index in [9.17, 15) is 0 Å². The molecule has 0 aliphatic carbocycles. The van der Waals surface area contributed by atoms with Crippen molar-refractivity contribution in [3.63, 3.8) is 0 Å². The van der Waals surface area contributed by atoms with Gasteiger partial charge >= 0.3 is 0 Å². The van der Waals surface area contributed by atoms with Gasteiger partial charge in [-0.2, -0.15) is 0 Å². The summed E-state index contributed by atoms with van der Waals surface area (Å²) in [6, 6.07) is 29.0. The number of benzene rings is 3. The van der Waals surface area contributed by atoms with Gasteiger partial charge in [0, 0.05) is 14.5 Å². The maximum Gasteiger partial charge on any atom is 0.0704 e. The lowest BCUT2D eigenvalue weighted by atomic mass is 9.88. The van der Waals surface area contributed by atoms with Gasteiger partial charge in [-0.3, -0.25) is 4.98 Å². The van der Waals surface area contributed by atoms with Gasteiger partial charge in [-0.25, -0.2) is 0 Å². The summed E-state index contributed by atoms with van der Waals surface area (Å²) in [6.07, 6.45) is 0.258. The summed E-state index contributed by atoms with van der Waals surface area (Å²) >= 11 is 0. The number of aromatic nitrogens is 1. The van der Waals surface area contributed by atoms with E-state index in [2.05, 4.69) is 78.6 Å². The zero-order chi connectivity index (χ0) is 22.9. The molecular weight excluding hydrogens is 362 g/mol.